The van der Waals surface area contributed by atoms with E-state index in [9.17, 15) is 13.2 Å². The van der Waals surface area contributed by atoms with Crippen LogP contribution in [0, 0.1) is 0 Å². The van der Waals surface area contributed by atoms with E-state index in [0.29, 0.717) is 25.1 Å². The molecule has 0 bridgehead atoms. The Kier molecular flexibility index (Phi) is 7.77. The molecule has 6 nitrogen and oxygen atoms in total. The van der Waals surface area contributed by atoms with Crippen molar-refractivity contribution < 1.29 is 17.4 Å². The summed E-state index contributed by atoms with van der Waals surface area (Å²) in [6.45, 7) is 0. The minimum atomic E-state index is -4.01. The molecule has 3 aromatic rings. The van der Waals surface area contributed by atoms with Gasteiger partial charge in [-0.3, -0.25) is 4.79 Å². The van der Waals surface area contributed by atoms with Gasteiger partial charge in [-0.1, -0.05) is 41.4 Å². The van der Waals surface area contributed by atoms with Gasteiger partial charge in [0.1, 0.15) is 4.90 Å². The first kappa shape index (κ1) is 23.7. The van der Waals surface area contributed by atoms with Crippen molar-refractivity contribution in [3.05, 3.63) is 90.8 Å². The van der Waals surface area contributed by atoms with Crippen LogP contribution in [0.2, 0.25) is 10.0 Å². The lowest BCUT2D eigenvalue weighted by molar-refractivity contribution is 0.0955. The summed E-state index contributed by atoms with van der Waals surface area (Å²) in [5, 5.41) is 4.50. The molecule has 0 saturated carbocycles. The first-order valence-electron chi connectivity index (χ1n) is 8.44. The van der Waals surface area contributed by atoms with Gasteiger partial charge in [0.15, 0.2) is 5.75 Å². The van der Waals surface area contributed by atoms with Crippen LogP contribution in [0.1, 0.15) is 15.9 Å². The molecule has 0 saturated heterocycles. The lowest BCUT2D eigenvalue weighted by atomic mass is 10.2. The molecule has 0 fully saturated rings. The van der Waals surface area contributed by atoms with Crippen LogP contribution in [0.25, 0.3) is 0 Å². The standard InChI is InChI=1S/C20H12Br2Cl2N2O4S/c21-15-8-12(11-25-26-20(27)13-6-7-17(23)18(24)10-13)9-16(22)19(15)30-31(28,29)14-4-2-1-3-5-14/h1-11H,(H,26,27)/b25-11-. The Morgan fingerprint density at radius 1 is 0.968 bits per heavy atom. The highest BCUT2D eigenvalue weighted by Crippen LogP contribution is 2.36. The molecular formula is C20H12Br2Cl2N2O4S. The van der Waals surface area contributed by atoms with Gasteiger partial charge < -0.3 is 4.18 Å². The maximum atomic E-state index is 12.5. The lowest BCUT2D eigenvalue weighted by Crippen LogP contribution is -2.17. The predicted molar refractivity (Wildman–Crippen MR) is 128 cm³/mol. The predicted octanol–water partition coefficient (Wildman–Crippen LogP) is 6.05. The molecule has 160 valence electrons. The maximum absolute atomic E-state index is 12.5. The van der Waals surface area contributed by atoms with Gasteiger partial charge in [0, 0.05) is 5.56 Å². The summed E-state index contributed by atoms with van der Waals surface area (Å²) in [6, 6.07) is 15.4. The molecule has 11 heteroatoms. The number of benzene rings is 3. The van der Waals surface area contributed by atoms with Crippen LogP contribution in [-0.2, 0) is 10.1 Å². The number of nitrogens with one attached hydrogen (secondary N) is 1. The monoisotopic (exact) mass is 604 g/mol. The summed E-state index contributed by atoms with van der Waals surface area (Å²) in [4.78, 5) is 12.2. The van der Waals surface area contributed by atoms with Gasteiger partial charge in [0.2, 0.25) is 0 Å². The van der Waals surface area contributed by atoms with Gasteiger partial charge in [-0.25, -0.2) is 5.43 Å². The average Bonchev–Trinajstić information content (AvgIpc) is 2.73. The largest absolute Gasteiger partial charge is 0.377 e. The molecule has 0 aromatic heterocycles. The smallest absolute Gasteiger partial charge is 0.339 e. The number of carbonyl (C=O) groups is 1. The molecule has 0 unspecified atom stereocenters. The second-order valence-corrected chi connectivity index (χ2v) is 10.1. The van der Waals surface area contributed by atoms with Crippen LogP contribution in [0.3, 0.4) is 0 Å². The normalized spacial score (nSPS) is 11.5. The molecule has 1 N–H and O–H groups in total. The van der Waals surface area contributed by atoms with Crippen molar-refractivity contribution >= 4 is 77.3 Å². The third kappa shape index (κ3) is 6.08. The summed E-state index contributed by atoms with van der Waals surface area (Å²) < 4.78 is 30.9. The third-order valence-electron chi connectivity index (χ3n) is 3.81. The van der Waals surface area contributed by atoms with Crippen molar-refractivity contribution in [3.63, 3.8) is 0 Å². The molecule has 0 heterocycles. The zero-order valence-electron chi connectivity index (χ0n) is 15.4. The number of nitrogens with zero attached hydrogens (tertiary/aromatic N) is 1. The fourth-order valence-electron chi connectivity index (χ4n) is 2.35. The van der Waals surface area contributed by atoms with E-state index < -0.39 is 16.0 Å². The lowest BCUT2D eigenvalue weighted by Gasteiger charge is -2.11. The molecule has 3 rings (SSSR count). The topological polar surface area (TPSA) is 84.8 Å². The fourth-order valence-corrected chi connectivity index (χ4v) is 5.23. The minimum absolute atomic E-state index is 0.0319. The summed E-state index contributed by atoms with van der Waals surface area (Å²) in [7, 11) is -4.01. The van der Waals surface area contributed by atoms with Gasteiger partial charge in [0.25, 0.3) is 5.91 Å². The van der Waals surface area contributed by atoms with Crippen LogP contribution in [0.5, 0.6) is 5.75 Å². The molecule has 0 aliphatic heterocycles. The Labute approximate surface area is 205 Å². The van der Waals surface area contributed by atoms with Gasteiger partial charge in [-0.2, -0.15) is 13.5 Å². The zero-order valence-corrected chi connectivity index (χ0v) is 20.9. The number of hydrazone groups is 1. The minimum Gasteiger partial charge on any atom is -0.377 e. The van der Waals surface area contributed by atoms with Crippen LogP contribution in [-0.4, -0.2) is 20.5 Å². The van der Waals surface area contributed by atoms with Crippen molar-refractivity contribution in [2.24, 2.45) is 5.10 Å². The first-order valence-corrected chi connectivity index (χ1v) is 12.2. The fraction of sp³-hybridized carbons (Fsp3) is 0. The van der Waals surface area contributed by atoms with Crippen LogP contribution < -0.4 is 9.61 Å². The quantitative estimate of drug-likeness (QED) is 0.210. The maximum Gasteiger partial charge on any atom is 0.339 e. The van der Waals surface area contributed by atoms with Gasteiger partial charge in [-0.15, -0.1) is 0 Å². The molecule has 1 amide bonds. The summed E-state index contributed by atoms with van der Waals surface area (Å²) >= 11 is 18.3. The number of halogens is 4. The summed E-state index contributed by atoms with van der Waals surface area (Å²) in [6.07, 6.45) is 1.39. The molecule has 0 atom stereocenters. The summed E-state index contributed by atoms with van der Waals surface area (Å²) in [5.74, 6) is -0.386. The Morgan fingerprint density at radius 2 is 1.61 bits per heavy atom. The number of amides is 1. The molecule has 31 heavy (non-hydrogen) atoms. The highest BCUT2D eigenvalue weighted by molar-refractivity contribution is 9.11. The van der Waals surface area contributed by atoms with E-state index >= 15 is 0 Å². The van der Waals surface area contributed by atoms with Crippen molar-refractivity contribution in [2.75, 3.05) is 0 Å². The Bertz CT molecular complexity index is 1250. The highest BCUT2D eigenvalue weighted by atomic mass is 79.9. The van der Waals surface area contributed by atoms with Gasteiger partial charge >= 0.3 is 10.1 Å². The van der Waals surface area contributed by atoms with Crippen LogP contribution in [0.15, 0.2) is 79.6 Å². The SMILES string of the molecule is O=C(N/N=C\c1cc(Br)c(OS(=O)(=O)c2ccccc2)c(Br)c1)c1ccc(Cl)c(Cl)c1. The van der Waals surface area contributed by atoms with E-state index in [1.165, 1.54) is 36.5 Å². The van der Waals surface area contributed by atoms with Crippen molar-refractivity contribution in [3.8, 4) is 5.75 Å². The zero-order chi connectivity index (χ0) is 22.6. The van der Waals surface area contributed by atoms with Gasteiger partial charge in [0.05, 0.1) is 25.2 Å². The Balaban J connectivity index is 1.74. The molecule has 0 radical (unpaired) electrons. The summed E-state index contributed by atoms with van der Waals surface area (Å²) in [5.41, 5.74) is 3.24. The van der Waals surface area contributed by atoms with Crippen molar-refractivity contribution in [1.29, 1.82) is 0 Å². The van der Waals surface area contributed by atoms with E-state index in [1.807, 2.05) is 0 Å². The van der Waals surface area contributed by atoms with Crippen molar-refractivity contribution in [2.45, 2.75) is 4.90 Å². The van der Waals surface area contributed by atoms with E-state index in [0.717, 1.165) is 0 Å². The molecule has 0 spiro atoms. The van der Waals surface area contributed by atoms with E-state index in [4.69, 9.17) is 27.4 Å². The molecule has 0 aliphatic rings. The molecular weight excluding hydrogens is 595 g/mol. The van der Waals surface area contributed by atoms with E-state index in [-0.39, 0.29) is 15.7 Å². The average molecular weight is 607 g/mol. The Hall–Kier alpha value is -1.91. The molecule has 3 aromatic carbocycles. The van der Waals surface area contributed by atoms with Crippen molar-refractivity contribution in [1.82, 2.24) is 5.43 Å². The van der Waals surface area contributed by atoms with Crippen LogP contribution >= 0.6 is 55.1 Å². The van der Waals surface area contributed by atoms with Crippen LogP contribution in [0.4, 0.5) is 0 Å². The Morgan fingerprint density at radius 3 is 2.23 bits per heavy atom. The number of rotatable bonds is 6. The second kappa shape index (κ2) is 10.1. The second-order valence-electron chi connectivity index (χ2n) is 5.99. The first-order chi connectivity index (χ1) is 14.7. The number of hydrogen-bond acceptors (Lipinski definition) is 5. The number of carbonyl (C=O) groups excluding carboxylic acids is 1. The number of hydrogen-bond donors (Lipinski definition) is 1. The highest BCUT2D eigenvalue weighted by Gasteiger charge is 2.20. The van der Waals surface area contributed by atoms with Gasteiger partial charge in [-0.05, 0) is 79.9 Å². The molecule has 0 aliphatic carbocycles. The third-order valence-corrected chi connectivity index (χ3v) is 6.96. The van der Waals surface area contributed by atoms with E-state index in [1.54, 1.807) is 30.3 Å². The van der Waals surface area contributed by atoms with E-state index in [2.05, 4.69) is 42.4 Å².